The van der Waals surface area contributed by atoms with E-state index in [2.05, 4.69) is 56.1 Å². The fourth-order valence-electron chi connectivity index (χ4n) is 2.05. The van der Waals surface area contributed by atoms with Crippen molar-refractivity contribution < 1.29 is 4.79 Å². The second kappa shape index (κ2) is 9.85. The van der Waals surface area contributed by atoms with Crippen LogP contribution in [0.1, 0.15) is 31.4 Å². The van der Waals surface area contributed by atoms with Gasteiger partial charge in [-0.1, -0.05) is 19.9 Å². The van der Waals surface area contributed by atoms with Crippen LogP contribution in [0, 0.1) is 13.8 Å². The summed E-state index contributed by atoms with van der Waals surface area (Å²) >= 11 is 1.75. The summed E-state index contributed by atoms with van der Waals surface area (Å²) in [6.07, 6.45) is 0.579. The van der Waals surface area contributed by atoms with Crippen LogP contribution in [0.5, 0.6) is 0 Å². The summed E-state index contributed by atoms with van der Waals surface area (Å²) in [6.45, 7) is 12.3. The summed E-state index contributed by atoms with van der Waals surface area (Å²) in [4.78, 5) is 15.3. The van der Waals surface area contributed by atoms with E-state index in [0.717, 1.165) is 31.9 Å². The lowest BCUT2D eigenvalue weighted by Crippen LogP contribution is -2.34. The van der Waals surface area contributed by atoms with Crippen molar-refractivity contribution in [3.05, 3.63) is 29.3 Å². The highest BCUT2D eigenvalue weighted by molar-refractivity contribution is 7.99. The molecule has 0 saturated heterocycles. The molecule has 0 fully saturated rings. The van der Waals surface area contributed by atoms with Gasteiger partial charge in [-0.2, -0.15) is 0 Å². The summed E-state index contributed by atoms with van der Waals surface area (Å²) < 4.78 is 0. The molecule has 1 rings (SSSR count). The number of hydrogen-bond acceptors (Lipinski definition) is 3. The number of nitrogens with zero attached hydrogens (tertiary/aromatic N) is 1. The van der Waals surface area contributed by atoms with Crippen LogP contribution < -0.4 is 5.32 Å². The van der Waals surface area contributed by atoms with Crippen molar-refractivity contribution in [2.45, 2.75) is 39.0 Å². The zero-order valence-electron chi connectivity index (χ0n) is 13.7. The Kier molecular flexibility index (Phi) is 8.47. The minimum absolute atomic E-state index is 0.151. The molecule has 1 N–H and O–H groups in total. The molecular formula is C17H28N2OS. The molecule has 0 heterocycles. The zero-order valence-corrected chi connectivity index (χ0v) is 14.6. The minimum Gasteiger partial charge on any atom is -0.355 e. The van der Waals surface area contributed by atoms with Crippen molar-refractivity contribution in [3.63, 3.8) is 0 Å². The largest absolute Gasteiger partial charge is 0.355 e. The fourth-order valence-corrected chi connectivity index (χ4v) is 2.99. The zero-order chi connectivity index (χ0) is 15.7. The van der Waals surface area contributed by atoms with Crippen LogP contribution in [-0.2, 0) is 4.79 Å². The van der Waals surface area contributed by atoms with Gasteiger partial charge in [0.25, 0.3) is 0 Å². The molecule has 0 aliphatic rings. The van der Waals surface area contributed by atoms with Crippen molar-refractivity contribution in [2.75, 3.05) is 31.9 Å². The molecule has 118 valence electrons. The molecular weight excluding hydrogens is 280 g/mol. The Bertz CT molecular complexity index is 444. The van der Waals surface area contributed by atoms with Gasteiger partial charge in [0.2, 0.25) is 5.91 Å². The van der Waals surface area contributed by atoms with Crippen molar-refractivity contribution in [3.8, 4) is 0 Å². The molecule has 4 heteroatoms. The average Bonchev–Trinajstić information content (AvgIpc) is 2.47. The Hall–Kier alpha value is -1.00. The lowest BCUT2D eigenvalue weighted by Gasteiger charge is -2.17. The Morgan fingerprint density at radius 2 is 1.90 bits per heavy atom. The van der Waals surface area contributed by atoms with Crippen LogP contribution >= 0.6 is 11.8 Å². The lowest BCUT2D eigenvalue weighted by atomic mass is 10.1. The van der Waals surface area contributed by atoms with Gasteiger partial charge in [0.1, 0.15) is 0 Å². The van der Waals surface area contributed by atoms with Crippen LogP contribution in [0.2, 0.25) is 0 Å². The summed E-state index contributed by atoms with van der Waals surface area (Å²) in [6, 6.07) is 6.46. The predicted molar refractivity (Wildman–Crippen MR) is 92.1 cm³/mol. The quantitative estimate of drug-likeness (QED) is 0.711. The Morgan fingerprint density at radius 3 is 2.52 bits per heavy atom. The minimum atomic E-state index is 0.151. The molecule has 1 aromatic carbocycles. The first-order valence-electron chi connectivity index (χ1n) is 7.75. The fraction of sp³-hybridized carbons (Fsp3) is 0.588. The van der Waals surface area contributed by atoms with Crippen LogP contribution in [-0.4, -0.2) is 42.7 Å². The highest BCUT2D eigenvalue weighted by Crippen LogP contribution is 2.21. The van der Waals surface area contributed by atoms with E-state index in [1.807, 2.05) is 0 Å². The number of nitrogens with one attached hydrogen (secondary N) is 1. The predicted octanol–water partition coefficient (Wildman–Crippen LogP) is 3.24. The van der Waals surface area contributed by atoms with Gasteiger partial charge in [0.15, 0.2) is 0 Å². The van der Waals surface area contributed by atoms with E-state index in [1.165, 1.54) is 16.0 Å². The smallest absolute Gasteiger partial charge is 0.220 e. The maximum absolute atomic E-state index is 11.8. The van der Waals surface area contributed by atoms with Gasteiger partial charge in [-0.3, -0.25) is 4.79 Å². The molecule has 3 nitrogen and oxygen atoms in total. The number of hydrogen-bond donors (Lipinski definition) is 1. The normalized spacial score (nSPS) is 10.9. The standard InChI is InChI=1S/C17H28N2OS/c1-5-19(6-2)11-10-18-17(20)9-12-21-16-8-7-14(3)15(4)13-16/h7-8,13H,5-6,9-12H2,1-4H3,(H,18,20). The summed E-state index contributed by atoms with van der Waals surface area (Å²) in [5.41, 5.74) is 2.62. The Balaban J connectivity index is 2.19. The van der Waals surface area contributed by atoms with Gasteiger partial charge in [-0.25, -0.2) is 0 Å². The topological polar surface area (TPSA) is 32.3 Å². The molecule has 21 heavy (non-hydrogen) atoms. The summed E-state index contributed by atoms with van der Waals surface area (Å²) in [5, 5.41) is 2.99. The highest BCUT2D eigenvalue weighted by atomic mass is 32.2. The van der Waals surface area contributed by atoms with Gasteiger partial charge in [-0.05, 0) is 50.2 Å². The van der Waals surface area contributed by atoms with Crippen LogP contribution in [0.25, 0.3) is 0 Å². The maximum atomic E-state index is 11.8. The first-order valence-corrected chi connectivity index (χ1v) is 8.74. The average molecular weight is 308 g/mol. The highest BCUT2D eigenvalue weighted by Gasteiger charge is 2.04. The number of aryl methyl sites for hydroxylation is 2. The van der Waals surface area contributed by atoms with Crippen molar-refractivity contribution in [1.29, 1.82) is 0 Å². The molecule has 0 aliphatic carbocycles. The van der Waals surface area contributed by atoms with Gasteiger partial charge in [0, 0.05) is 30.2 Å². The molecule has 1 amide bonds. The number of benzene rings is 1. The van der Waals surface area contributed by atoms with Gasteiger partial charge in [0.05, 0.1) is 0 Å². The van der Waals surface area contributed by atoms with Crippen molar-refractivity contribution in [2.24, 2.45) is 0 Å². The van der Waals surface area contributed by atoms with E-state index in [0.29, 0.717) is 6.42 Å². The Morgan fingerprint density at radius 1 is 1.19 bits per heavy atom. The van der Waals surface area contributed by atoms with E-state index < -0.39 is 0 Å². The van der Waals surface area contributed by atoms with Gasteiger partial charge in [-0.15, -0.1) is 11.8 Å². The maximum Gasteiger partial charge on any atom is 0.220 e. The second-order valence-corrected chi connectivity index (χ2v) is 6.39. The summed E-state index contributed by atoms with van der Waals surface area (Å²) in [7, 11) is 0. The molecule has 0 unspecified atom stereocenters. The molecule has 1 aromatic rings. The molecule has 0 atom stereocenters. The number of likely N-dealkylation sites (N-methyl/N-ethyl adjacent to an activating group) is 1. The second-order valence-electron chi connectivity index (χ2n) is 5.22. The number of thioether (sulfide) groups is 1. The van der Waals surface area contributed by atoms with E-state index in [9.17, 15) is 4.79 Å². The Labute approximate surface area is 133 Å². The van der Waals surface area contributed by atoms with E-state index >= 15 is 0 Å². The lowest BCUT2D eigenvalue weighted by molar-refractivity contribution is -0.120. The molecule has 0 aromatic heterocycles. The van der Waals surface area contributed by atoms with Crippen molar-refractivity contribution in [1.82, 2.24) is 10.2 Å². The first kappa shape index (κ1) is 18.1. The summed E-state index contributed by atoms with van der Waals surface area (Å²) in [5.74, 6) is 0.984. The van der Waals surface area contributed by atoms with Crippen LogP contribution in [0.4, 0.5) is 0 Å². The SMILES string of the molecule is CCN(CC)CCNC(=O)CCSc1ccc(C)c(C)c1. The van der Waals surface area contributed by atoms with Crippen LogP contribution in [0.15, 0.2) is 23.1 Å². The van der Waals surface area contributed by atoms with Crippen LogP contribution in [0.3, 0.4) is 0 Å². The molecule has 0 spiro atoms. The number of carbonyl (C=O) groups excluding carboxylic acids is 1. The van der Waals surface area contributed by atoms with E-state index in [-0.39, 0.29) is 5.91 Å². The van der Waals surface area contributed by atoms with Gasteiger partial charge >= 0.3 is 0 Å². The first-order chi connectivity index (χ1) is 10.1. The third-order valence-corrected chi connectivity index (χ3v) is 4.72. The molecule has 0 aliphatic heterocycles. The third-order valence-electron chi connectivity index (χ3n) is 3.72. The van der Waals surface area contributed by atoms with E-state index in [4.69, 9.17) is 0 Å². The molecule has 0 saturated carbocycles. The third kappa shape index (κ3) is 7.00. The van der Waals surface area contributed by atoms with Gasteiger partial charge < -0.3 is 10.2 Å². The van der Waals surface area contributed by atoms with E-state index in [1.54, 1.807) is 11.8 Å². The molecule has 0 radical (unpaired) electrons. The number of rotatable bonds is 9. The molecule has 0 bridgehead atoms. The van der Waals surface area contributed by atoms with Crippen molar-refractivity contribution >= 4 is 17.7 Å². The number of carbonyl (C=O) groups is 1. The number of amides is 1. The monoisotopic (exact) mass is 308 g/mol.